The molecule has 1 saturated carbocycles. The standard InChI is InChI=1S/C12H17NO3/c1-2-3-9-11(14)7-6-10(12(9)15)13-16-8-4-5-8/h6-8,13-15H,2-5H2,1H3. The molecule has 3 N–H and O–H groups in total. The predicted octanol–water partition coefficient (Wildman–Crippen LogP) is 2.56. The Balaban J connectivity index is 2.13. The van der Waals surface area contributed by atoms with Gasteiger partial charge in [-0.05, 0) is 31.4 Å². The molecule has 0 radical (unpaired) electrons. The molecule has 1 aliphatic carbocycles. The highest BCUT2D eigenvalue weighted by Gasteiger charge is 2.23. The smallest absolute Gasteiger partial charge is 0.147 e. The zero-order valence-electron chi connectivity index (χ0n) is 9.36. The molecule has 0 atom stereocenters. The first-order valence-electron chi connectivity index (χ1n) is 5.67. The maximum Gasteiger partial charge on any atom is 0.147 e. The zero-order valence-corrected chi connectivity index (χ0v) is 9.36. The number of benzene rings is 1. The number of nitrogens with one attached hydrogen (secondary N) is 1. The Morgan fingerprint density at radius 2 is 2.12 bits per heavy atom. The molecule has 4 heteroatoms. The van der Waals surface area contributed by atoms with Gasteiger partial charge in [0.2, 0.25) is 0 Å². The van der Waals surface area contributed by atoms with Crippen LogP contribution in [0.25, 0.3) is 0 Å². The predicted molar refractivity (Wildman–Crippen MR) is 61.5 cm³/mol. The fraction of sp³-hybridized carbons (Fsp3) is 0.500. The summed E-state index contributed by atoms with van der Waals surface area (Å²) >= 11 is 0. The van der Waals surface area contributed by atoms with Gasteiger partial charge in [0.15, 0.2) is 0 Å². The van der Waals surface area contributed by atoms with E-state index in [4.69, 9.17) is 4.84 Å². The first-order valence-corrected chi connectivity index (χ1v) is 5.67. The third kappa shape index (κ3) is 2.39. The monoisotopic (exact) mass is 223 g/mol. The molecule has 0 spiro atoms. The molecule has 0 heterocycles. The van der Waals surface area contributed by atoms with Crippen molar-refractivity contribution in [3.05, 3.63) is 17.7 Å². The van der Waals surface area contributed by atoms with Crippen molar-refractivity contribution < 1.29 is 15.1 Å². The van der Waals surface area contributed by atoms with Crippen LogP contribution in [0.5, 0.6) is 11.5 Å². The van der Waals surface area contributed by atoms with Gasteiger partial charge >= 0.3 is 0 Å². The summed E-state index contributed by atoms with van der Waals surface area (Å²) in [5.74, 6) is 0.221. The van der Waals surface area contributed by atoms with Gasteiger partial charge in [-0.15, -0.1) is 0 Å². The SMILES string of the molecule is CCCc1c(O)ccc(NOC2CC2)c1O. The van der Waals surface area contributed by atoms with E-state index in [1.165, 1.54) is 0 Å². The molecule has 2 rings (SSSR count). The minimum atomic E-state index is 0.0856. The molecule has 0 aliphatic heterocycles. The Hall–Kier alpha value is -1.42. The Labute approximate surface area is 94.8 Å². The quantitative estimate of drug-likeness (QED) is 0.408. The van der Waals surface area contributed by atoms with Crippen LogP contribution in [-0.4, -0.2) is 16.3 Å². The highest BCUT2D eigenvalue weighted by Crippen LogP contribution is 2.36. The van der Waals surface area contributed by atoms with Crippen LogP contribution in [0.4, 0.5) is 5.69 Å². The van der Waals surface area contributed by atoms with Gasteiger partial charge < -0.3 is 10.2 Å². The summed E-state index contributed by atoms with van der Waals surface area (Å²) < 4.78 is 0. The van der Waals surface area contributed by atoms with Gasteiger partial charge in [-0.2, -0.15) is 0 Å². The van der Waals surface area contributed by atoms with Gasteiger partial charge in [0.05, 0.1) is 6.10 Å². The van der Waals surface area contributed by atoms with Crippen molar-refractivity contribution >= 4 is 5.69 Å². The van der Waals surface area contributed by atoms with Crippen LogP contribution in [0.3, 0.4) is 0 Å². The van der Waals surface area contributed by atoms with E-state index in [9.17, 15) is 10.2 Å². The fourth-order valence-corrected chi connectivity index (χ4v) is 1.54. The van der Waals surface area contributed by atoms with Crippen LogP contribution in [0, 0.1) is 0 Å². The molecule has 0 unspecified atom stereocenters. The number of aromatic hydroxyl groups is 2. The second-order valence-corrected chi connectivity index (χ2v) is 4.13. The van der Waals surface area contributed by atoms with Gasteiger partial charge in [-0.1, -0.05) is 13.3 Å². The highest BCUT2D eigenvalue weighted by atomic mass is 16.7. The molecular weight excluding hydrogens is 206 g/mol. The average molecular weight is 223 g/mol. The summed E-state index contributed by atoms with van der Waals surface area (Å²) in [6.07, 6.45) is 3.91. The van der Waals surface area contributed by atoms with E-state index in [0.29, 0.717) is 17.7 Å². The van der Waals surface area contributed by atoms with Crippen LogP contribution < -0.4 is 5.48 Å². The van der Waals surface area contributed by atoms with Crippen molar-refractivity contribution in [1.29, 1.82) is 0 Å². The van der Waals surface area contributed by atoms with Gasteiger partial charge in [-0.3, -0.25) is 10.3 Å². The van der Waals surface area contributed by atoms with Crippen LogP contribution in [-0.2, 0) is 11.3 Å². The molecule has 0 amide bonds. The van der Waals surface area contributed by atoms with E-state index in [1.807, 2.05) is 6.92 Å². The number of phenolic OH excluding ortho intramolecular Hbond substituents is 2. The number of hydrogen-bond donors (Lipinski definition) is 3. The molecule has 1 fully saturated rings. The lowest BCUT2D eigenvalue weighted by molar-refractivity contribution is 0.177. The summed E-state index contributed by atoms with van der Waals surface area (Å²) in [7, 11) is 0. The molecule has 88 valence electrons. The first kappa shape index (κ1) is 11.1. The maximum atomic E-state index is 9.93. The third-order valence-electron chi connectivity index (χ3n) is 2.62. The summed E-state index contributed by atoms with van der Waals surface area (Å²) in [5.41, 5.74) is 3.84. The minimum absolute atomic E-state index is 0.0856. The van der Waals surface area contributed by atoms with Gasteiger partial charge in [0.25, 0.3) is 0 Å². The summed E-state index contributed by atoms with van der Waals surface area (Å²) in [6, 6.07) is 3.19. The van der Waals surface area contributed by atoms with E-state index in [2.05, 4.69) is 5.48 Å². The van der Waals surface area contributed by atoms with Crippen molar-refractivity contribution in [1.82, 2.24) is 0 Å². The van der Waals surface area contributed by atoms with Gasteiger partial charge in [0.1, 0.15) is 17.2 Å². The molecule has 0 aromatic heterocycles. The van der Waals surface area contributed by atoms with Crippen LogP contribution in [0.2, 0.25) is 0 Å². The summed E-state index contributed by atoms with van der Waals surface area (Å²) in [5, 5.41) is 19.5. The Kier molecular flexibility index (Phi) is 3.19. The van der Waals surface area contributed by atoms with Crippen LogP contribution in [0.1, 0.15) is 31.7 Å². The van der Waals surface area contributed by atoms with Crippen LogP contribution in [0.15, 0.2) is 12.1 Å². The molecule has 1 aromatic rings. The second-order valence-electron chi connectivity index (χ2n) is 4.13. The average Bonchev–Trinajstić information content (AvgIpc) is 3.07. The molecular formula is C12H17NO3. The topological polar surface area (TPSA) is 61.7 Å². The van der Waals surface area contributed by atoms with Crippen molar-refractivity contribution in [2.24, 2.45) is 0 Å². The lowest BCUT2D eigenvalue weighted by Crippen LogP contribution is -2.03. The first-order chi connectivity index (χ1) is 7.72. The lowest BCUT2D eigenvalue weighted by atomic mass is 10.1. The summed E-state index contributed by atoms with van der Waals surface area (Å²) in [6.45, 7) is 2.00. The molecule has 4 nitrogen and oxygen atoms in total. The third-order valence-corrected chi connectivity index (χ3v) is 2.62. The zero-order chi connectivity index (χ0) is 11.5. The van der Waals surface area contributed by atoms with E-state index < -0.39 is 0 Å². The normalized spacial score (nSPS) is 15.1. The Bertz CT molecular complexity index is 375. The highest BCUT2D eigenvalue weighted by molar-refractivity contribution is 5.62. The van der Waals surface area contributed by atoms with Crippen molar-refractivity contribution in [2.75, 3.05) is 5.48 Å². The van der Waals surface area contributed by atoms with E-state index in [-0.39, 0.29) is 17.6 Å². The Morgan fingerprint density at radius 3 is 2.75 bits per heavy atom. The van der Waals surface area contributed by atoms with Gasteiger partial charge in [0, 0.05) is 5.56 Å². The Morgan fingerprint density at radius 1 is 1.38 bits per heavy atom. The molecule has 0 bridgehead atoms. The number of anilines is 1. The maximum absolute atomic E-state index is 9.93. The minimum Gasteiger partial charge on any atom is -0.508 e. The number of phenols is 2. The molecule has 0 saturated heterocycles. The lowest BCUT2D eigenvalue weighted by Gasteiger charge is -2.12. The van der Waals surface area contributed by atoms with E-state index >= 15 is 0 Å². The van der Waals surface area contributed by atoms with Crippen molar-refractivity contribution in [3.63, 3.8) is 0 Å². The van der Waals surface area contributed by atoms with Gasteiger partial charge in [-0.25, -0.2) is 0 Å². The largest absolute Gasteiger partial charge is 0.508 e. The van der Waals surface area contributed by atoms with Crippen molar-refractivity contribution in [3.8, 4) is 11.5 Å². The van der Waals surface area contributed by atoms with E-state index in [0.717, 1.165) is 19.3 Å². The molecule has 1 aliphatic rings. The molecule has 1 aromatic carbocycles. The summed E-state index contributed by atoms with van der Waals surface area (Å²) in [4.78, 5) is 5.30. The fourth-order valence-electron chi connectivity index (χ4n) is 1.54. The number of hydrogen-bond acceptors (Lipinski definition) is 4. The van der Waals surface area contributed by atoms with Crippen molar-refractivity contribution in [2.45, 2.75) is 38.7 Å². The van der Waals surface area contributed by atoms with Crippen LogP contribution >= 0.6 is 0 Å². The number of rotatable bonds is 5. The molecule has 16 heavy (non-hydrogen) atoms. The second kappa shape index (κ2) is 4.61. The van der Waals surface area contributed by atoms with E-state index in [1.54, 1.807) is 12.1 Å².